The molecule has 1 aromatic carbocycles. The molecule has 0 radical (unpaired) electrons. The summed E-state index contributed by atoms with van der Waals surface area (Å²) in [5.74, 6) is 1.56. The maximum absolute atomic E-state index is 12.7. The Balaban J connectivity index is 1.52. The molecule has 2 aromatic rings. The van der Waals surface area contributed by atoms with Crippen molar-refractivity contribution in [2.45, 2.75) is 20.3 Å². The summed E-state index contributed by atoms with van der Waals surface area (Å²) in [4.78, 5) is 21.3. The molecule has 26 heavy (non-hydrogen) atoms. The van der Waals surface area contributed by atoms with Gasteiger partial charge in [0.2, 0.25) is 0 Å². The Bertz CT molecular complexity index is 692. The summed E-state index contributed by atoms with van der Waals surface area (Å²) in [6, 6.07) is 14.1. The third-order valence-corrected chi connectivity index (χ3v) is 4.73. The summed E-state index contributed by atoms with van der Waals surface area (Å²) in [5.41, 5.74) is 1.88. The van der Waals surface area contributed by atoms with Crippen LogP contribution in [-0.4, -0.2) is 48.5 Å². The lowest BCUT2D eigenvalue weighted by Crippen LogP contribution is -2.48. The van der Waals surface area contributed by atoms with E-state index in [9.17, 15) is 4.79 Å². The van der Waals surface area contributed by atoms with E-state index in [0.717, 1.165) is 45.0 Å². The minimum atomic E-state index is 0.0685. The van der Waals surface area contributed by atoms with Crippen LogP contribution in [0.5, 0.6) is 0 Å². The zero-order chi connectivity index (χ0) is 18.4. The smallest absolute Gasteiger partial charge is 0.255 e. The summed E-state index contributed by atoms with van der Waals surface area (Å²) in [5, 5.41) is 3.30. The number of hydrogen-bond acceptors (Lipinski definition) is 4. The van der Waals surface area contributed by atoms with E-state index in [0.29, 0.717) is 11.5 Å². The van der Waals surface area contributed by atoms with E-state index in [4.69, 9.17) is 0 Å². The number of para-hydroxylation sites is 1. The Morgan fingerprint density at radius 1 is 1.08 bits per heavy atom. The molecule has 0 bridgehead atoms. The number of pyridine rings is 1. The Morgan fingerprint density at radius 2 is 1.81 bits per heavy atom. The van der Waals surface area contributed by atoms with Crippen molar-refractivity contribution in [1.82, 2.24) is 9.88 Å². The number of nitrogens with one attached hydrogen (secondary N) is 1. The molecule has 138 valence electrons. The van der Waals surface area contributed by atoms with Gasteiger partial charge >= 0.3 is 0 Å². The number of hydrogen-bond donors (Lipinski definition) is 1. The molecule has 1 saturated heterocycles. The maximum Gasteiger partial charge on any atom is 0.255 e. The lowest BCUT2D eigenvalue weighted by atomic mass is 10.1. The lowest BCUT2D eigenvalue weighted by Gasteiger charge is -2.36. The second-order valence-corrected chi connectivity index (χ2v) is 7.16. The van der Waals surface area contributed by atoms with Crippen molar-refractivity contribution in [3.8, 4) is 0 Å². The summed E-state index contributed by atoms with van der Waals surface area (Å²) in [7, 11) is 0. The first-order valence-electron chi connectivity index (χ1n) is 9.42. The van der Waals surface area contributed by atoms with Gasteiger partial charge in [0.05, 0.1) is 5.56 Å². The highest BCUT2D eigenvalue weighted by Crippen LogP contribution is 2.17. The highest BCUT2D eigenvalue weighted by Gasteiger charge is 2.22. The first-order valence-corrected chi connectivity index (χ1v) is 9.42. The fourth-order valence-corrected chi connectivity index (χ4v) is 3.10. The number of aromatic nitrogens is 1. The Kier molecular flexibility index (Phi) is 6.10. The van der Waals surface area contributed by atoms with Crippen molar-refractivity contribution < 1.29 is 4.79 Å². The van der Waals surface area contributed by atoms with Crippen LogP contribution in [0.3, 0.4) is 0 Å². The van der Waals surface area contributed by atoms with Gasteiger partial charge < -0.3 is 15.1 Å². The molecule has 5 heteroatoms. The van der Waals surface area contributed by atoms with Crippen LogP contribution in [0.4, 0.5) is 11.5 Å². The zero-order valence-corrected chi connectivity index (χ0v) is 15.7. The van der Waals surface area contributed by atoms with Gasteiger partial charge in [-0.05, 0) is 36.6 Å². The van der Waals surface area contributed by atoms with E-state index in [2.05, 4.69) is 53.3 Å². The predicted octanol–water partition coefficient (Wildman–Crippen LogP) is 3.50. The SMILES string of the molecule is CC(C)CCNc1ccc(C(=O)N2CCN(c3ccccc3)CC2)cn1. The highest BCUT2D eigenvalue weighted by atomic mass is 16.2. The standard InChI is InChI=1S/C21H28N4O/c1-17(2)10-11-22-20-9-8-18(16-23-20)21(26)25-14-12-24(13-15-25)19-6-4-3-5-7-19/h3-9,16-17H,10-15H2,1-2H3,(H,22,23). The van der Waals surface area contributed by atoms with Gasteiger partial charge in [-0.1, -0.05) is 32.0 Å². The van der Waals surface area contributed by atoms with E-state index >= 15 is 0 Å². The number of piperazine rings is 1. The second-order valence-electron chi connectivity index (χ2n) is 7.16. The van der Waals surface area contributed by atoms with Crippen LogP contribution in [0.25, 0.3) is 0 Å². The number of rotatable bonds is 6. The van der Waals surface area contributed by atoms with E-state index in [-0.39, 0.29) is 5.91 Å². The Labute approximate surface area is 156 Å². The molecule has 0 atom stereocenters. The molecule has 2 heterocycles. The molecule has 0 saturated carbocycles. The molecule has 0 spiro atoms. The third-order valence-electron chi connectivity index (χ3n) is 4.73. The molecule has 1 aliphatic rings. The van der Waals surface area contributed by atoms with Crippen molar-refractivity contribution in [3.05, 3.63) is 54.2 Å². The number of benzene rings is 1. The highest BCUT2D eigenvalue weighted by molar-refractivity contribution is 5.94. The van der Waals surface area contributed by atoms with Crippen molar-refractivity contribution >= 4 is 17.4 Å². The van der Waals surface area contributed by atoms with Crippen LogP contribution in [0.1, 0.15) is 30.6 Å². The van der Waals surface area contributed by atoms with Gasteiger partial charge in [-0.25, -0.2) is 4.98 Å². The van der Waals surface area contributed by atoms with E-state index < -0.39 is 0 Å². The maximum atomic E-state index is 12.7. The first kappa shape index (κ1) is 18.2. The first-order chi connectivity index (χ1) is 12.6. The number of carbonyl (C=O) groups excluding carboxylic acids is 1. The predicted molar refractivity (Wildman–Crippen MR) is 107 cm³/mol. The monoisotopic (exact) mass is 352 g/mol. The zero-order valence-electron chi connectivity index (χ0n) is 15.7. The molecule has 3 rings (SSSR count). The van der Waals surface area contributed by atoms with Crippen LogP contribution in [-0.2, 0) is 0 Å². The lowest BCUT2D eigenvalue weighted by molar-refractivity contribution is 0.0746. The molecule has 0 unspecified atom stereocenters. The van der Waals surface area contributed by atoms with Crippen LogP contribution in [0.2, 0.25) is 0 Å². The quantitative estimate of drug-likeness (QED) is 0.864. The fourth-order valence-electron chi connectivity index (χ4n) is 3.10. The fraction of sp³-hybridized carbons (Fsp3) is 0.429. The molecule has 0 aliphatic carbocycles. The average Bonchev–Trinajstić information content (AvgIpc) is 2.68. The average molecular weight is 352 g/mol. The minimum absolute atomic E-state index is 0.0685. The van der Waals surface area contributed by atoms with E-state index in [1.807, 2.05) is 23.1 Å². The summed E-state index contributed by atoms with van der Waals surface area (Å²) in [6.07, 6.45) is 2.79. The van der Waals surface area contributed by atoms with Crippen molar-refractivity contribution in [3.63, 3.8) is 0 Å². The molecule has 1 aliphatic heterocycles. The molecule has 1 N–H and O–H groups in total. The normalized spacial score (nSPS) is 14.6. The van der Waals surface area contributed by atoms with Gasteiger partial charge in [-0.2, -0.15) is 0 Å². The van der Waals surface area contributed by atoms with E-state index in [1.165, 1.54) is 5.69 Å². The van der Waals surface area contributed by atoms with Crippen LogP contribution >= 0.6 is 0 Å². The van der Waals surface area contributed by atoms with Crippen LogP contribution in [0.15, 0.2) is 48.7 Å². The van der Waals surface area contributed by atoms with Crippen LogP contribution in [0, 0.1) is 5.92 Å². The van der Waals surface area contributed by atoms with Crippen LogP contribution < -0.4 is 10.2 Å². The molecular formula is C21H28N4O. The summed E-state index contributed by atoms with van der Waals surface area (Å²) < 4.78 is 0. The second kappa shape index (κ2) is 8.70. The Morgan fingerprint density at radius 3 is 2.42 bits per heavy atom. The largest absolute Gasteiger partial charge is 0.370 e. The third kappa shape index (κ3) is 4.75. The van der Waals surface area contributed by atoms with E-state index in [1.54, 1.807) is 6.20 Å². The molecule has 1 aromatic heterocycles. The molecule has 1 fully saturated rings. The molecular weight excluding hydrogens is 324 g/mol. The number of nitrogens with zero attached hydrogens (tertiary/aromatic N) is 3. The van der Waals surface area contributed by atoms with Gasteiger partial charge in [0, 0.05) is 44.6 Å². The minimum Gasteiger partial charge on any atom is -0.370 e. The van der Waals surface area contributed by atoms with Crippen molar-refractivity contribution in [2.24, 2.45) is 5.92 Å². The van der Waals surface area contributed by atoms with Crippen molar-refractivity contribution in [1.29, 1.82) is 0 Å². The number of anilines is 2. The molecule has 1 amide bonds. The van der Waals surface area contributed by atoms with Crippen molar-refractivity contribution in [2.75, 3.05) is 42.9 Å². The summed E-state index contributed by atoms with van der Waals surface area (Å²) >= 11 is 0. The van der Waals surface area contributed by atoms with Gasteiger partial charge in [-0.15, -0.1) is 0 Å². The number of amides is 1. The topological polar surface area (TPSA) is 48.5 Å². The number of carbonyl (C=O) groups is 1. The molecule has 5 nitrogen and oxygen atoms in total. The van der Waals surface area contributed by atoms with Gasteiger partial charge in [0.1, 0.15) is 5.82 Å². The van der Waals surface area contributed by atoms with Gasteiger partial charge in [0.25, 0.3) is 5.91 Å². The Hall–Kier alpha value is -2.56. The summed E-state index contributed by atoms with van der Waals surface area (Å²) in [6.45, 7) is 8.50. The van der Waals surface area contributed by atoms with Gasteiger partial charge in [-0.3, -0.25) is 4.79 Å². The van der Waals surface area contributed by atoms with Gasteiger partial charge in [0.15, 0.2) is 0 Å².